The number of rotatable bonds is 6. The van der Waals surface area contributed by atoms with Crippen molar-refractivity contribution in [2.24, 2.45) is 0 Å². The van der Waals surface area contributed by atoms with Gasteiger partial charge in [0.2, 0.25) is 0 Å². The summed E-state index contributed by atoms with van der Waals surface area (Å²) in [6.07, 6.45) is 2.16. The molecule has 2 rings (SSSR count). The monoisotopic (exact) mass is 288 g/mol. The van der Waals surface area contributed by atoms with Crippen LogP contribution in [0, 0.1) is 17.1 Å². The summed E-state index contributed by atoms with van der Waals surface area (Å²) in [6, 6.07) is 11.1. The van der Waals surface area contributed by atoms with E-state index < -0.39 is 5.82 Å². The van der Waals surface area contributed by atoms with Crippen LogP contribution in [-0.4, -0.2) is 0 Å². The predicted molar refractivity (Wildman–Crippen MR) is 79.9 cm³/mol. The summed E-state index contributed by atoms with van der Waals surface area (Å²) in [7, 11) is 0. The molecular weight excluding hydrogens is 271 g/mol. The molecule has 0 amide bonds. The molecule has 0 aliphatic heterocycles. The molecule has 2 aromatic rings. The van der Waals surface area contributed by atoms with E-state index in [0.717, 1.165) is 18.4 Å². The fourth-order valence-corrected chi connectivity index (χ4v) is 2.97. The van der Waals surface area contributed by atoms with E-state index >= 15 is 0 Å². The summed E-state index contributed by atoms with van der Waals surface area (Å²) >= 11 is 1.74. The number of nitrogens with one attached hydrogen (secondary N) is 1. The van der Waals surface area contributed by atoms with Crippen molar-refractivity contribution in [3.8, 4) is 6.07 Å². The Bertz CT molecular complexity index is 587. The lowest BCUT2D eigenvalue weighted by Gasteiger charge is -2.17. The fourth-order valence-electron chi connectivity index (χ4n) is 2.13. The molecule has 0 saturated carbocycles. The Morgan fingerprint density at radius 2 is 2.25 bits per heavy atom. The van der Waals surface area contributed by atoms with Crippen molar-refractivity contribution in [3.05, 3.63) is 57.5 Å². The molecule has 1 aromatic carbocycles. The molecule has 1 heterocycles. The van der Waals surface area contributed by atoms with E-state index in [1.165, 1.54) is 10.9 Å². The molecule has 0 fully saturated rings. The van der Waals surface area contributed by atoms with E-state index in [1.807, 2.05) is 6.07 Å². The SMILES string of the molecule is CCCC(NCc1ccc(F)c(C#N)c1)c1cccs1. The third kappa shape index (κ3) is 3.66. The van der Waals surface area contributed by atoms with Crippen LogP contribution in [0.3, 0.4) is 0 Å². The van der Waals surface area contributed by atoms with Gasteiger partial charge in [0.15, 0.2) is 0 Å². The normalized spacial score (nSPS) is 12.1. The van der Waals surface area contributed by atoms with E-state index in [4.69, 9.17) is 5.26 Å². The number of nitrogens with zero attached hydrogens (tertiary/aromatic N) is 1. The maximum Gasteiger partial charge on any atom is 0.140 e. The molecule has 0 bridgehead atoms. The number of hydrogen-bond acceptors (Lipinski definition) is 3. The third-order valence-electron chi connectivity index (χ3n) is 3.17. The van der Waals surface area contributed by atoms with Gasteiger partial charge in [0.05, 0.1) is 5.56 Å². The van der Waals surface area contributed by atoms with Crippen LogP contribution in [0.5, 0.6) is 0 Å². The first-order valence-corrected chi connectivity index (χ1v) is 7.58. The molecule has 104 valence electrons. The van der Waals surface area contributed by atoms with Gasteiger partial charge in [-0.3, -0.25) is 0 Å². The highest BCUT2D eigenvalue weighted by Crippen LogP contribution is 2.23. The predicted octanol–water partition coefficient (Wildman–Crippen LogP) is 4.39. The van der Waals surface area contributed by atoms with Crippen LogP contribution in [0.1, 0.15) is 41.8 Å². The van der Waals surface area contributed by atoms with Crippen LogP contribution in [0.2, 0.25) is 0 Å². The van der Waals surface area contributed by atoms with Gasteiger partial charge in [-0.15, -0.1) is 11.3 Å². The van der Waals surface area contributed by atoms with Crippen LogP contribution in [0.4, 0.5) is 4.39 Å². The first kappa shape index (κ1) is 14.7. The average Bonchev–Trinajstić information content (AvgIpc) is 2.99. The molecule has 1 aromatic heterocycles. The first-order valence-electron chi connectivity index (χ1n) is 6.70. The van der Waals surface area contributed by atoms with Gasteiger partial charge in [-0.05, 0) is 35.6 Å². The lowest BCUT2D eigenvalue weighted by atomic mass is 10.1. The van der Waals surface area contributed by atoms with Gasteiger partial charge in [-0.1, -0.05) is 25.5 Å². The van der Waals surface area contributed by atoms with Gasteiger partial charge >= 0.3 is 0 Å². The highest BCUT2D eigenvalue weighted by Gasteiger charge is 2.11. The summed E-state index contributed by atoms with van der Waals surface area (Å²) < 4.78 is 13.3. The van der Waals surface area contributed by atoms with Crippen LogP contribution < -0.4 is 5.32 Å². The van der Waals surface area contributed by atoms with E-state index in [2.05, 4.69) is 29.8 Å². The van der Waals surface area contributed by atoms with E-state index in [9.17, 15) is 4.39 Å². The van der Waals surface area contributed by atoms with Crippen molar-refractivity contribution in [1.29, 1.82) is 5.26 Å². The molecule has 4 heteroatoms. The highest BCUT2D eigenvalue weighted by atomic mass is 32.1. The van der Waals surface area contributed by atoms with Gasteiger partial charge in [0.25, 0.3) is 0 Å². The van der Waals surface area contributed by atoms with Gasteiger partial charge in [0, 0.05) is 17.5 Å². The maximum absolute atomic E-state index is 13.3. The van der Waals surface area contributed by atoms with Crippen LogP contribution >= 0.6 is 11.3 Å². The molecular formula is C16H17FN2S. The minimum absolute atomic E-state index is 0.104. The molecule has 0 aliphatic carbocycles. The molecule has 0 spiro atoms. The summed E-state index contributed by atoms with van der Waals surface area (Å²) in [4.78, 5) is 1.31. The van der Waals surface area contributed by atoms with E-state index in [-0.39, 0.29) is 5.56 Å². The van der Waals surface area contributed by atoms with Crippen molar-refractivity contribution < 1.29 is 4.39 Å². The van der Waals surface area contributed by atoms with Crippen LogP contribution in [-0.2, 0) is 6.54 Å². The Balaban J connectivity index is 2.04. The minimum Gasteiger partial charge on any atom is -0.305 e. The molecule has 1 unspecified atom stereocenters. The van der Waals surface area contributed by atoms with Crippen molar-refractivity contribution in [3.63, 3.8) is 0 Å². The zero-order chi connectivity index (χ0) is 14.4. The van der Waals surface area contributed by atoms with E-state index in [1.54, 1.807) is 23.5 Å². The van der Waals surface area contributed by atoms with E-state index in [0.29, 0.717) is 12.6 Å². The minimum atomic E-state index is -0.459. The summed E-state index contributed by atoms with van der Waals surface area (Å²) in [6.45, 7) is 2.80. The van der Waals surface area contributed by atoms with Gasteiger partial charge < -0.3 is 5.32 Å². The fraction of sp³-hybridized carbons (Fsp3) is 0.312. The Morgan fingerprint density at radius 3 is 2.90 bits per heavy atom. The summed E-state index contributed by atoms with van der Waals surface area (Å²) in [5.74, 6) is -0.459. The molecule has 0 aliphatic rings. The smallest absolute Gasteiger partial charge is 0.140 e. The summed E-state index contributed by atoms with van der Waals surface area (Å²) in [5, 5.41) is 14.4. The standard InChI is InChI=1S/C16H17FN2S/c1-2-4-15(16-5-3-8-20-16)19-11-12-6-7-14(17)13(9-12)10-18/h3,5-9,15,19H,2,4,11H2,1H3. The first-order chi connectivity index (χ1) is 9.74. The Morgan fingerprint density at radius 1 is 1.40 bits per heavy atom. The third-order valence-corrected chi connectivity index (χ3v) is 4.15. The number of benzene rings is 1. The molecule has 20 heavy (non-hydrogen) atoms. The maximum atomic E-state index is 13.3. The van der Waals surface area contributed by atoms with Gasteiger partial charge in [-0.2, -0.15) is 5.26 Å². The van der Waals surface area contributed by atoms with Crippen molar-refractivity contribution in [2.45, 2.75) is 32.4 Å². The topological polar surface area (TPSA) is 35.8 Å². The molecule has 2 nitrogen and oxygen atoms in total. The Kier molecular flexibility index (Phi) is 5.28. The Hall–Kier alpha value is -1.70. The number of hydrogen-bond donors (Lipinski definition) is 1. The molecule has 0 radical (unpaired) electrons. The van der Waals surface area contributed by atoms with Crippen molar-refractivity contribution in [1.82, 2.24) is 5.32 Å². The zero-order valence-electron chi connectivity index (χ0n) is 11.4. The number of thiophene rings is 1. The largest absolute Gasteiger partial charge is 0.305 e. The lowest BCUT2D eigenvalue weighted by molar-refractivity contribution is 0.500. The Labute approximate surface area is 122 Å². The zero-order valence-corrected chi connectivity index (χ0v) is 12.2. The average molecular weight is 288 g/mol. The quantitative estimate of drug-likeness (QED) is 0.855. The van der Waals surface area contributed by atoms with Crippen molar-refractivity contribution in [2.75, 3.05) is 0 Å². The molecule has 0 saturated heterocycles. The second kappa shape index (κ2) is 7.18. The van der Waals surface area contributed by atoms with Crippen LogP contribution in [0.15, 0.2) is 35.7 Å². The second-order valence-corrected chi connectivity index (χ2v) is 5.64. The van der Waals surface area contributed by atoms with Gasteiger partial charge in [-0.25, -0.2) is 4.39 Å². The molecule has 1 N–H and O–H groups in total. The number of halogens is 1. The highest BCUT2D eigenvalue weighted by molar-refractivity contribution is 7.10. The second-order valence-electron chi connectivity index (χ2n) is 4.66. The van der Waals surface area contributed by atoms with Crippen molar-refractivity contribution >= 4 is 11.3 Å². The van der Waals surface area contributed by atoms with Gasteiger partial charge in [0.1, 0.15) is 11.9 Å². The lowest BCUT2D eigenvalue weighted by Crippen LogP contribution is -2.20. The summed E-state index contributed by atoms with van der Waals surface area (Å²) in [5.41, 5.74) is 1.04. The number of nitriles is 1. The molecule has 1 atom stereocenters. The van der Waals surface area contributed by atoms with Crippen LogP contribution in [0.25, 0.3) is 0 Å².